The minimum Gasteiger partial charge on any atom is -0.507 e. The molecule has 0 radical (unpaired) electrons. The number of phenols is 1. The molecule has 3 N–H and O–H groups in total. The van der Waals surface area contributed by atoms with E-state index in [9.17, 15) is 5.11 Å². The summed E-state index contributed by atoms with van der Waals surface area (Å²) >= 11 is 4.69. The molecule has 0 aliphatic heterocycles. The van der Waals surface area contributed by atoms with E-state index in [2.05, 4.69) is 26.1 Å². The van der Waals surface area contributed by atoms with Gasteiger partial charge in [-0.25, -0.2) is 0 Å². The molecule has 0 amide bonds. The Morgan fingerprint density at radius 3 is 2.78 bits per heavy atom. The monoisotopic (exact) mass is 393 g/mol. The summed E-state index contributed by atoms with van der Waals surface area (Å²) in [4.78, 5) is 0. The van der Waals surface area contributed by atoms with Crippen molar-refractivity contribution in [1.29, 1.82) is 0 Å². The molecule has 0 saturated heterocycles. The normalized spacial score (nSPS) is 11.8. The summed E-state index contributed by atoms with van der Waals surface area (Å²) in [5.74, 6) is 1.40. The van der Waals surface area contributed by atoms with E-state index in [0.29, 0.717) is 21.0 Å². The zero-order valence-corrected chi connectivity index (χ0v) is 14.8. The van der Waals surface area contributed by atoms with Crippen molar-refractivity contribution >= 4 is 39.1 Å². The molecule has 0 aromatic heterocycles. The second-order valence-corrected chi connectivity index (χ2v) is 6.35. The van der Waals surface area contributed by atoms with Crippen molar-refractivity contribution in [2.45, 2.75) is 5.75 Å². The number of phenolic OH excluding ortho intramolecular Hbond substituents is 1. The third kappa shape index (κ3) is 5.30. The minimum atomic E-state index is 0.0761. The molecule has 0 fully saturated rings. The third-order valence-corrected chi connectivity index (χ3v) is 4.36. The van der Waals surface area contributed by atoms with E-state index in [-0.39, 0.29) is 5.75 Å². The number of rotatable bonds is 5. The first-order valence-corrected chi connectivity index (χ1v) is 8.47. The summed E-state index contributed by atoms with van der Waals surface area (Å²) in [5, 5.41) is 18.0. The maximum absolute atomic E-state index is 9.87. The number of thioether (sulfide) groups is 1. The van der Waals surface area contributed by atoms with Crippen LogP contribution in [0, 0.1) is 0 Å². The highest BCUT2D eigenvalue weighted by atomic mass is 79.9. The van der Waals surface area contributed by atoms with Crippen LogP contribution in [-0.4, -0.2) is 23.6 Å². The Kier molecular flexibility index (Phi) is 6.49. The number of halogens is 1. The van der Waals surface area contributed by atoms with Gasteiger partial charge in [0.25, 0.3) is 0 Å². The van der Waals surface area contributed by atoms with Crippen LogP contribution in [0.1, 0.15) is 11.1 Å². The van der Waals surface area contributed by atoms with Gasteiger partial charge in [0.1, 0.15) is 11.5 Å². The molecule has 0 atom stereocenters. The van der Waals surface area contributed by atoms with Crippen molar-refractivity contribution in [3.63, 3.8) is 0 Å². The summed E-state index contributed by atoms with van der Waals surface area (Å²) in [6.07, 6.45) is 1.43. The molecule has 0 aliphatic rings. The molecule has 0 aliphatic carbocycles. The van der Waals surface area contributed by atoms with E-state index >= 15 is 0 Å². The lowest BCUT2D eigenvalue weighted by molar-refractivity contribution is 0.409. The summed E-state index contributed by atoms with van der Waals surface area (Å²) in [6.45, 7) is 0. The molecule has 2 aromatic rings. The van der Waals surface area contributed by atoms with Crippen molar-refractivity contribution in [3.05, 3.63) is 58.1 Å². The van der Waals surface area contributed by atoms with Crippen LogP contribution in [0.25, 0.3) is 0 Å². The number of ether oxygens (including phenoxy) is 1. The van der Waals surface area contributed by atoms with Gasteiger partial charge in [0.05, 0.1) is 17.8 Å². The third-order valence-electron chi connectivity index (χ3n) is 2.88. The number of methoxy groups -OCH3 is 1. The fraction of sp³-hybridized carbons (Fsp3) is 0.125. The highest BCUT2D eigenvalue weighted by Crippen LogP contribution is 2.31. The van der Waals surface area contributed by atoms with Crippen LogP contribution in [0.15, 0.2) is 57.1 Å². The van der Waals surface area contributed by atoms with E-state index in [1.165, 1.54) is 24.0 Å². The average Bonchev–Trinajstić information content (AvgIpc) is 2.56. The molecular formula is C16H16BrN3O2S. The van der Waals surface area contributed by atoms with Gasteiger partial charge in [0.2, 0.25) is 0 Å². The number of benzene rings is 2. The van der Waals surface area contributed by atoms with Gasteiger partial charge in [0.15, 0.2) is 5.17 Å². The molecule has 23 heavy (non-hydrogen) atoms. The van der Waals surface area contributed by atoms with Crippen molar-refractivity contribution in [2.75, 3.05) is 7.11 Å². The van der Waals surface area contributed by atoms with Crippen LogP contribution < -0.4 is 10.5 Å². The first-order chi connectivity index (χ1) is 11.1. The number of hydrogen-bond acceptors (Lipinski definition) is 5. The van der Waals surface area contributed by atoms with E-state index < -0.39 is 0 Å². The summed E-state index contributed by atoms with van der Waals surface area (Å²) in [6, 6.07) is 13.2. The molecule has 0 heterocycles. The molecule has 0 unspecified atom stereocenters. The Morgan fingerprint density at radius 2 is 2.09 bits per heavy atom. The van der Waals surface area contributed by atoms with E-state index in [0.717, 1.165) is 11.3 Å². The molecule has 0 saturated carbocycles. The lowest BCUT2D eigenvalue weighted by atomic mass is 10.2. The first-order valence-electron chi connectivity index (χ1n) is 6.70. The van der Waals surface area contributed by atoms with Gasteiger partial charge in [-0.3, -0.25) is 0 Å². The van der Waals surface area contributed by atoms with Crippen molar-refractivity contribution in [1.82, 2.24) is 0 Å². The lowest BCUT2D eigenvalue weighted by Gasteiger charge is -2.05. The van der Waals surface area contributed by atoms with Crippen molar-refractivity contribution in [2.24, 2.45) is 15.9 Å². The fourth-order valence-corrected chi connectivity index (χ4v) is 2.83. The summed E-state index contributed by atoms with van der Waals surface area (Å²) in [5.41, 5.74) is 7.47. The maximum atomic E-state index is 9.87. The molecule has 5 nitrogen and oxygen atoms in total. The Bertz CT molecular complexity index is 721. The van der Waals surface area contributed by atoms with Crippen LogP contribution in [0.5, 0.6) is 11.5 Å². The Balaban J connectivity index is 1.99. The van der Waals surface area contributed by atoms with Gasteiger partial charge >= 0.3 is 0 Å². The van der Waals surface area contributed by atoms with Gasteiger partial charge < -0.3 is 15.6 Å². The van der Waals surface area contributed by atoms with Crippen molar-refractivity contribution in [3.8, 4) is 11.5 Å². The van der Waals surface area contributed by atoms with Gasteiger partial charge in [0, 0.05) is 11.3 Å². The SMILES string of the molecule is COc1cc(C=NN=C(N)SCc2ccccc2)c(O)cc1Br. The Hall–Kier alpha value is -1.99. The maximum Gasteiger partial charge on any atom is 0.180 e. The van der Waals surface area contributed by atoms with Gasteiger partial charge in [-0.15, -0.1) is 5.10 Å². The highest BCUT2D eigenvalue weighted by Gasteiger charge is 2.06. The van der Waals surface area contributed by atoms with Crippen LogP contribution in [0.3, 0.4) is 0 Å². The van der Waals surface area contributed by atoms with E-state index in [1.807, 2.05) is 30.3 Å². The molecular weight excluding hydrogens is 378 g/mol. The van der Waals surface area contributed by atoms with Crippen molar-refractivity contribution < 1.29 is 9.84 Å². The smallest absolute Gasteiger partial charge is 0.180 e. The molecule has 0 spiro atoms. The summed E-state index contributed by atoms with van der Waals surface area (Å²) in [7, 11) is 1.55. The Labute approximate surface area is 147 Å². The first kappa shape index (κ1) is 17.4. The number of amidine groups is 1. The second-order valence-electron chi connectivity index (χ2n) is 4.50. The predicted octanol–water partition coefficient (Wildman–Crippen LogP) is 3.75. The molecule has 2 aromatic carbocycles. The van der Waals surface area contributed by atoms with Gasteiger partial charge in [-0.2, -0.15) is 5.10 Å². The summed E-state index contributed by atoms with van der Waals surface area (Å²) < 4.78 is 5.83. The second kappa shape index (κ2) is 8.59. The zero-order chi connectivity index (χ0) is 16.7. The quantitative estimate of drug-likeness (QED) is 0.460. The molecule has 0 bridgehead atoms. The molecule has 120 valence electrons. The number of aromatic hydroxyl groups is 1. The van der Waals surface area contributed by atoms with Crippen LogP contribution in [0.2, 0.25) is 0 Å². The molecule has 2 rings (SSSR count). The highest BCUT2D eigenvalue weighted by molar-refractivity contribution is 9.10. The predicted molar refractivity (Wildman–Crippen MR) is 99.3 cm³/mol. The largest absolute Gasteiger partial charge is 0.507 e. The standard InChI is InChI=1S/C16H16BrN3O2S/c1-22-15-7-12(14(21)8-13(15)17)9-19-20-16(18)23-10-11-5-3-2-4-6-11/h2-9,21H,10H2,1H3,(H2,18,20). The lowest BCUT2D eigenvalue weighted by Crippen LogP contribution is -2.06. The minimum absolute atomic E-state index is 0.0761. The average molecular weight is 394 g/mol. The van der Waals surface area contributed by atoms with E-state index in [1.54, 1.807) is 13.2 Å². The topological polar surface area (TPSA) is 80.2 Å². The van der Waals surface area contributed by atoms with Crippen LogP contribution in [-0.2, 0) is 5.75 Å². The van der Waals surface area contributed by atoms with Crippen LogP contribution in [0.4, 0.5) is 0 Å². The fourth-order valence-electron chi connectivity index (χ4n) is 1.73. The van der Waals surface area contributed by atoms with Crippen LogP contribution >= 0.6 is 27.7 Å². The molecule has 7 heteroatoms. The zero-order valence-electron chi connectivity index (χ0n) is 12.4. The Morgan fingerprint density at radius 1 is 1.35 bits per heavy atom. The van der Waals surface area contributed by atoms with E-state index in [4.69, 9.17) is 10.5 Å². The number of hydrogen-bond donors (Lipinski definition) is 2. The number of nitrogens with zero attached hydrogens (tertiary/aromatic N) is 2. The number of nitrogens with two attached hydrogens (primary N) is 1. The van der Waals surface area contributed by atoms with Gasteiger partial charge in [-0.1, -0.05) is 42.1 Å². The van der Waals surface area contributed by atoms with Gasteiger partial charge in [-0.05, 0) is 33.6 Å².